The van der Waals surface area contributed by atoms with Crippen LogP contribution in [-0.4, -0.2) is 66.9 Å². The number of aromatic nitrogens is 3. The molecule has 1 N–H and O–H groups in total. The first-order chi connectivity index (χ1) is 16.2. The van der Waals surface area contributed by atoms with Gasteiger partial charge < -0.3 is 24.4 Å². The molecule has 0 spiro atoms. The number of hydrogen-bond donors (Lipinski definition) is 1. The molecule has 1 atom stereocenters. The van der Waals surface area contributed by atoms with E-state index in [-0.39, 0.29) is 17.7 Å². The zero-order valence-electron chi connectivity index (χ0n) is 18.0. The molecule has 0 radical (unpaired) electrons. The number of halogens is 4. The van der Waals surface area contributed by atoms with E-state index in [1.54, 1.807) is 12.3 Å². The van der Waals surface area contributed by atoms with Crippen LogP contribution in [0.5, 0.6) is 5.75 Å². The van der Waals surface area contributed by atoms with Crippen molar-refractivity contribution in [3.05, 3.63) is 53.6 Å². The lowest BCUT2D eigenvalue weighted by molar-refractivity contribution is -0.275. The molecule has 3 aromatic rings. The van der Waals surface area contributed by atoms with E-state index in [1.807, 2.05) is 4.90 Å². The number of fused-ring (bicyclic) bond motifs is 1. The van der Waals surface area contributed by atoms with Gasteiger partial charge in [-0.05, 0) is 23.8 Å². The largest absolute Gasteiger partial charge is 0.573 e. The third-order valence-corrected chi connectivity index (χ3v) is 5.16. The van der Waals surface area contributed by atoms with Gasteiger partial charge in [0.1, 0.15) is 11.4 Å². The van der Waals surface area contributed by atoms with E-state index >= 15 is 0 Å². The summed E-state index contributed by atoms with van der Waals surface area (Å²) in [5, 5.41) is 6.85. The molecule has 34 heavy (non-hydrogen) atoms. The van der Waals surface area contributed by atoms with Gasteiger partial charge in [0.15, 0.2) is 17.2 Å². The molecular weight excluding hydrogens is 462 g/mol. The summed E-state index contributed by atoms with van der Waals surface area (Å²) >= 11 is 0. The van der Waals surface area contributed by atoms with Crippen LogP contribution in [0.1, 0.15) is 22.0 Å². The number of methoxy groups -OCH3 is 1. The topological polar surface area (TPSA) is 90.2 Å². The number of carbonyl (C=O) groups is 1. The van der Waals surface area contributed by atoms with Gasteiger partial charge in [-0.1, -0.05) is 6.07 Å². The Morgan fingerprint density at radius 2 is 2.03 bits per heavy atom. The van der Waals surface area contributed by atoms with E-state index in [2.05, 4.69) is 20.1 Å². The van der Waals surface area contributed by atoms with Gasteiger partial charge in [-0.3, -0.25) is 4.79 Å². The Morgan fingerprint density at radius 1 is 1.26 bits per heavy atom. The molecule has 0 saturated carbocycles. The van der Waals surface area contributed by atoms with Crippen molar-refractivity contribution in [2.75, 3.05) is 44.9 Å². The van der Waals surface area contributed by atoms with Crippen LogP contribution in [0.2, 0.25) is 0 Å². The highest BCUT2D eigenvalue weighted by atomic mass is 19.4. The molecule has 1 aromatic carbocycles. The number of morpholine rings is 1. The normalized spacial score (nSPS) is 15.4. The van der Waals surface area contributed by atoms with E-state index < -0.39 is 29.9 Å². The van der Waals surface area contributed by atoms with Gasteiger partial charge in [0.25, 0.3) is 5.91 Å². The van der Waals surface area contributed by atoms with Crippen LogP contribution in [0.3, 0.4) is 0 Å². The lowest BCUT2D eigenvalue weighted by Crippen LogP contribution is -2.36. The van der Waals surface area contributed by atoms with Crippen molar-refractivity contribution < 1.29 is 36.6 Å². The number of benzene rings is 1. The van der Waals surface area contributed by atoms with Crippen LogP contribution in [0.25, 0.3) is 5.65 Å². The van der Waals surface area contributed by atoms with Crippen molar-refractivity contribution in [2.45, 2.75) is 12.4 Å². The molecule has 0 aliphatic carbocycles. The molecule has 0 bridgehead atoms. The molecule has 1 saturated heterocycles. The fourth-order valence-electron chi connectivity index (χ4n) is 3.55. The molecule has 9 nitrogen and oxygen atoms in total. The van der Waals surface area contributed by atoms with Crippen molar-refractivity contribution in [3.63, 3.8) is 0 Å². The van der Waals surface area contributed by atoms with Crippen LogP contribution in [0, 0.1) is 5.82 Å². The summed E-state index contributed by atoms with van der Waals surface area (Å²) < 4.78 is 67.0. The van der Waals surface area contributed by atoms with E-state index in [9.17, 15) is 22.4 Å². The number of ether oxygens (including phenoxy) is 3. The second kappa shape index (κ2) is 9.81. The van der Waals surface area contributed by atoms with Crippen LogP contribution in [-0.2, 0) is 9.47 Å². The van der Waals surface area contributed by atoms with Crippen LogP contribution in [0.4, 0.5) is 23.4 Å². The molecule has 13 heteroatoms. The van der Waals surface area contributed by atoms with Crippen molar-refractivity contribution in [1.82, 2.24) is 19.9 Å². The number of hydrogen-bond acceptors (Lipinski definition) is 7. The lowest BCUT2D eigenvalue weighted by Gasteiger charge is -2.27. The monoisotopic (exact) mass is 483 g/mol. The zero-order chi connectivity index (χ0) is 24.3. The first kappa shape index (κ1) is 23.7. The number of carbonyl (C=O) groups excluding carboxylic acids is 1. The average Bonchev–Trinajstić information content (AvgIpc) is 3.23. The predicted octanol–water partition coefficient (Wildman–Crippen LogP) is 2.72. The van der Waals surface area contributed by atoms with Crippen molar-refractivity contribution in [3.8, 4) is 5.75 Å². The summed E-state index contributed by atoms with van der Waals surface area (Å²) in [5.41, 5.74) is 0.687. The van der Waals surface area contributed by atoms with Gasteiger partial charge in [-0.2, -0.15) is 5.10 Å². The molecule has 3 heterocycles. The van der Waals surface area contributed by atoms with E-state index in [4.69, 9.17) is 9.47 Å². The molecule has 2 aromatic heterocycles. The van der Waals surface area contributed by atoms with Crippen molar-refractivity contribution >= 4 is 17.4 Å². The molecule has 1 aliphatic heterocycles. The summed E-state index contributed by atoms with van der Waals surface area (Å²) in [7, 11) is 1.38. The van der Waals surface area contributed by atoms with E-state index in [0.29, 0.717) is 37.8 Å². The van der Waals surface area contributed by atoms with E-state index in [0.717, 1.165) is 12.1 Å². The minimum Gasteiger partial charge on any atom is -0.403 e. The number of nitrogens with zero attached hydrogens (tertiary/aromatic N) is 4. The van der Waals surface area contributed by atoms with Gasteiger partial charge in [0.05, 0.1) is 32.1 Å². The fraction of sp³-hybridized carbons (Fsp3) is 0.381. The summed E-state index contributed by atoms with van der Waals surface area (Å²) in [6.07, 6.45) is -1.99. The average molecular weight is 483 g/mol. The lowest BCUT2D eigenvalue weighted by atomic mass is 10.1. The Bertz CT molecular complexity index is 1160. The molecular formula is C21H21F4N5O4. The van der Waals surface area contributed by atoms with Crippen LogP contribution >= 0.6 is 0 Å². The van der Waals surface area contributed by atoms with Gasteiger partial charge in [0.2, 0.25) is 0 Å². The minimum atomic E-state index is -5.03. The van der Waals surface area contributed by atoms with Crippen molar-refractivity contribution in [1.29, 1.82) is 0 Å². The number of amides is 1. The van der Waals surface area contributed by atoms with Gasteiger partial charge in [-0.15, -0.1) is 13.2 Å². The smallest absolute Gasteiger partial charge is 0.403 e. The predicted molar refractivity (Wildman–Crippen MR) is 111 cm³/mol. The molecule has 1 fully saturated rings. The Kier molecular flexibility index (Phi) is 6.84. The number of nitrogens with one attached hydrogen (secondary N) is 1. The van der Waals surface area contributed by atoms with Gasteiger partial charge in [0, 0.05) is 26.4 Å². The number of rotatable bonds is 7. The zero-order valence-corrected chi connectivity index (χ0v) is 18.0. The van der Waals surface area contributed by atoms with Crippen molar-refractivity contribution in [2.24, 2.45) is 0 Å². The SMILES string of the molecule is COCC(NC(=O)c1cnn2ccc(N3CCOCC3)nc12)c1ccc(OC(F)(F)F)c(F)c1. The summed E-state index contributed by atoms with van der Waals surface area (Å²) in [6, 6.07) is 3.85. The highest BCUT2D eigenvalue weighted by Crippen LogP contribution is 2.28. The Balaban J connectivity index is 1.56. The quantitative estimate of drug-likeness (QED) is 0.517. The summed E-state index contributed by atoms with van der Waals surface area (Å²) in [6.45, 7) is 2.40. The maximum Gasteiger partial charge on any atom is 0.573 e. The molecule has 182 valence electrons. The fourth-order valence-corrected chi connectivity index (χ4v) is 3.55. The number of anilines is 1. The Hall–Kier alpha value is -3.45. The molecule has 4 rings (SSSR count). The highest BCUT2D eigenvalue weighted by molar-refractivity contribution is 6.00. The second-order valence-electron chi connectivity index (χ2n) is 7.43. The number of alkyl halides is 3. The van der Waals surface area contributed by atoms with Gasteiger partial charge >= 0.3 is 6.36 Å². The molecule has 1 aliphatic rings. The van der Waals surface area contributed by atoms with Crippen LogP contribution in [0.15, 0.2) is 36.7 Å². The Morgan fingerprint density at radius 3 is 2.71 bits per heavy atom. The third-order valence-electron chi connectivity index (χ3n) is 5.16. The minimum absolute atomic E-state index is 0.0592. The second-order valence-corrected chi connectivity index (χ2v) is 7.43. The maximum absolute atomic E-state index is 14.2. The standard InChI is InChI=1S/C21H21F4N5O4/c1-32-12-16(13-2-3-17(15(22)10-13)34-21(23,24)25)27-20(31)14-11-26-30-5-4-18(28-19(14)30)29-6-8-33-9-7-29/h2-5,10-11,16H,6-9,12H2,1H3,(H,27,31). The molecule has 1 unspecified atom stereocenters. The van der Waals surface area contributed by atoms with E-state index in [1.165, 1.54) is 23.9 Å². The summed E-state index contributed by atoms with van der Waals surface area (Å²) in [5.74, 6) is -2.08. The Labute approximate surface area is 191 Å². The maximum atomic E-state index is 14.2. The first-order valence-electron chi connectivity index (χ1n) is 10.3. The molecule has 1 amide bonds. The highest BCUT2D eigenvalue weighted by Gasteiger charge is 2.32. The summed E-state index contributed by atoms with van der Waals surface area (Å²) in [4.78, 5) is 19.6. The van der Waals surface area contributed by atoms with Crippen LogP contribution < -0.4 is 15.0 Å². The van der Waals surface area contributed by atoms with Gasteiger partial charge in [-0.25, -0.2) is 13.9 Å². The third kappa shape index (κ3) is 5.37. The first-order valence-corrected chi connectivity index (χ1v) is 10.3.